The highest BCUT2D eigenvalue weighted by molar-refractivity contribution is 5.81. The zero-order chi connectivity index (χ0) is 14.4. The van der Waals surface area contributed by atoms with Crippen LogP contribution >= 0.6 is 0 Å². The molecule has 1 aliphatic heterocycles. The van der Waals surface area contributed by atoms with Crippen molar-refractivity contribution in [2.24, 2.45) is 5.73 Å². The number of benzene rings is 1. The van der Waals surface area contributed by atoms with Crippen molar-refractivity contribution < 1.29 is 4.79 Å². The number of amides is 1. The van der Waals surface area contributed by atoms with E-state index in [0.29, 0.717) is 6.42 Å². The third kappa shape index (κ3) is 2.39. The minimum Gasteiger partial charge on any atom is -0.329 e. The van der Waals surface area contributed by atoms with Crippen molar-refractivity contribution in [1.82, 2.24) is 4.90 Å². The fraction of sp³-hybridized carbons (Fsp3) is 0.562. The van der Waals surface area contributed by atoms with E-state index in [1.54, 1.807) is 0 Å². The predicted molar refractivity (Wildman–Crippen MR) is 77.8 cm³/mol. The van der Waals surface area contributed by atoms with Crippen molar-refractivity contribution in [3.8, 4) is 0 Å². The second-order valence-corrected chi connectivity index (χ2v) is 6.54. The molecule has 104 valence electrons. The second-order valence-electron chi connectivity index (χ2n) is 6.54. The average Bonchev–Trinajstić information content (AvgIpc) is 2.57. The molecule has 0 spiro atoms. The van der Waals surface area contributed by atoms with Crippen molar-refractivity contribution in [2.75, 3.05) is 0 Å². The van der Waals surface area contributed by atoms with Gasteiger partial charge in [-0.25, -0.2) is 0 Å². The Kier molecular flexibility index (Phi) is 3.43. The molecule has 2 rings (SSSR count). The normalized spacial score (nSPS) is 24.1. The van der Waals surface area contributed by atoms with Crippen LogP contribution in [0.25, 0.3) is 0 Å². The Morgan fingerprint density at radius 1 is 1.26 bits per heavy atom. The molecule has 2 unspecified atom stereocenters. The van der Waals surface area contributed by atoms with Gasteiger partial charge in [-0.3, -0.25) is 4.79 Å². The van der Waals surface area contributed by atoms with Crippen molar-refractivity contribution in [1.29, 1.82) is 0 Å². The molecular formula is C16H24N2O. The number of hydrogen-bond donors (Lipinski definition) is 1. The van der Waals surface area contributed by atoms with Crippen LogP contribution in [0.3, 0.4) is 0 Å². The minimum absolute atomic E-state index is 0.00704. The predicted octanol–water partition coefficient (Wildman–Crippen LogP) is 2.70. The van der Waals surface area contributed by atoms with Gasteiger partial charge in [0.25, 0.3) is 0 Å². The Hall–Kier alpha value is -1.35. The number of carbonyl (C=O) groups excluding carboxylic acids is 1. The van der Waals surface area contributed by atoms with E-state index < -0.39 is 0 Å². The molecular weight excluding hydrogens is 236 g/mol. The van der Waals surface area contributed by atoms with Gasteiger partial charge in [-0.05, 0) is 51.3 Å². The lowest BCUT2D eigenvalue weighted by molar-refractivity contribution is -0.133. The molecule has 0 aliphatic carbocycles. The summed E-state index contributed by atoms with van der Waals surface area (Å²) in [6.07, 6.45) is 0.440. The van der Waals surface area contributed by atoms with Crippen molar-refractivity contribution in [3.63, 3.8) is 0 Å². The van der Waals surface area contributed by atoms with Crippen LogP contribution in [0.15, 0.2) is 18.2 Å². The lowest BCUT2D eigenvalue weighted by atomic mass is 9.92. The Morgan fingerprint density at radius 2 is 1.89 bits per heavy atom. The van der Waals surface area contributed by atoms with Crippen molar-refractivity contribution in [3.05, 3.63) is 34.9 Å². The summed E-state index contributed by atoms with van der Waals surface area (Å²) in [5.74, 6) is 0.158. The van der Waals surface area contributed by atoms with Gasteiger partial charge in [0.2, 0.25) is 5.91 Å². The summed E-state index contributed by atoms with van der Waals surface area (Å²) in [6, 6.07) is 6.13. The molecule has 1 aliphatic rings. The molecule has 19 heavy (non-hydrogen) atoms. The molecule has 1 saturated heterocycles. The summed E-state index contributed by atoms with van der Waals surface area (Å²) in [6.45, 7) is 10.4. The van der Waals surface area contributed by atoms with E-state index in [4.69, 9.17) is 5.73 Å². The smallest absolute Gasteiger partial charge is 0.225 e. The van der Waals surface area contributed by atoms with E-state index >= 15 is 0 Å². The maximum atomic E-state index is 12.3. The molecule has 1 heterocycles. The highest BCUT2D eigenvalue weighted by Gasteiger charge is 2.44. The average molecular weight is 260 g/mol. The monoisotopic (exact) mass is 260 g/mol. The van der Waals surface area contributed by atoms with Crippen LogP contribution in [0.1, 0.15) is 49.9 Å². The number of nitrogens with two attached hydrogens (primary N) is 1. The number of nitrogens with zero attached hydrogens (tertiary/aromatic N) is 1. The summed E-state index contributed by atoms with van der Waals surface area (Å²) in [4.78, 5) is 14.2. The largest absolute Gasteiger partial charge is 0.329 e. The van der Waals surface area contributed by atoms with E-state index in [2.05, 4.69) is 46.8 Å². The van der Waals surface area contributed by atoms with Gasteiger partial charge in [-0.1, -0.05) is 18.2 Å². The summed E-state index contributed by atoms with van der Waals surface area (Å²) in [5.41, 5.74) is 9.72. The molecule has 3 nitrogen and oxygen atoms in total. The van der Waals surface area contributed by atoms with Gasteiger partial charge in [0.05, 0.1) is 6.04 Å². The van der Waals surface area contributed by atoms with Gasteiger partial charge in [-0.2, -0.15) is 0 Å². The van der Waals surface area contributed by atoms with Crippen LogP contribution < -0.4 is 5.73 Å². The summed E-state index contributed by atoms with van der Waals surface area (Å²) < 4.78 is 0. The standard InChI is InChI=1S/C16H24N2O/c1-10-7-6-8-12(11(10)2)15-13(17)9-14(19)18(15)16(3,4)5/h6-8,13,15H,9,17H2,1-5H3. The van der Waals surface area contributed by atoms with Crippen LogP contribution in [-0.4, -0.2) is 22.4 Å². The number of hydrogen-bond acceptors (Lipinski definition) is 2. The van der Waals surface area contributed by atoms with Crippen LogP contribution in [0, 0.1) is 13.8 Å². The van der Waals surface area contributed by atoms with E-state index in [9.17, 15) is 4.79 Å². The van der Waals surface area contributed by atoms with E-state index in [1.807, 2.05) is 11.0 Å². The van der Waals surface area contributed by atoms with Crippen molar-refractivity contribution >= 4 is 5.91 Å². The second kappa shape index (κ2) is 4.64. The summed E-state index contributed by atoms with van der Waals surface area (Å²) in [7, 11) is 0. The first-order valence-electron chi connectivity index (χ1n) is 6.87. The fourth-order valence-electron chi connectivity index (χ4n) is 3.01. The van der Waals surface area contributed by atoms with E-state index in [-0.39, 0.29) is 23.5 Å². The van der Waals surface area contributed by atoms with Gasteiger partial charge in [0, 0.05) is 18.0 Å². The van der Waals surface area contributed by atoms with Crippen molar-refractivity contribution in [2.45, 2.75) is 58.7 Å². The molecule has 1 fully saturated rings. The van der Waals surface area contributed by atoms with E-state index in [1.165, 1.54) is 16.7 Å². The molecule has 2 N–H and O–H groups in total. The number of aryl methyl sites for hydroxylation is 1. The lowest BCUT2D eigenvalue weighted by Gasteiger charge is -2.39. The number of rotatable bonds is 1. The molecule has 3 heteroatoms. The van der Waals surface area contributed by atoms with Crippen LogP contribution in [0.5, 0.6) is 0 Å². The number of likely N-dealkylation sites (tertiary alicyclic amines) is 1. The SMILES string of the molecule is Cc1cccc(C2C(N)CC(=O)N2C(C)(C)C)c1C. The first-order valence-corrected chi connectivity index (χ1v) is 6.87. The number of carbonyl (C=O) groups is 1. The molecule has 0 radical (unpaired) electrons. The molecule has 1 aromatic carbocycles. The lowest BCUT2D eigenvalue weighted by Crippen LogP contribution is -2.45. The van der Waals surface area contributed by atoms with Gasteiger partial charge < -0.3 is 10.6 Å². The highest BCUT2D eigenvalue weighted by Crippen LogP contribution is 2.39. The Balaban J connectivity index is 2.52. The summed E-state index contributed by atoms with van der Waals surface area (Å²) in [5, 5.41) is 0. The Morgan fingerprint density at radius 3 is 2.47 bits per heavy atom. The first-order chi connectivity index (χ1) is 8.73. The molecule has 0 saturated carbocycles. The van der Waals surface area contributed by atoms with Crippen LogP contribution in [-0.2, 0) is 4.79 Å². The molecule has 1 aromatic rings. The maximum Gasteiger partial charge on any atom is 0.225 e. The topological polar surface area (TPSA) is 46.3 Å². The van der Waals surface area contributed by atoms with Gasteiger partial charge >= 0.3 is 0 Å². The van der Waals surface area contributed by atoms with E-state index in [0.717, 1.165) is 0 Å². The van der Waals surface area contributed by atoms with Gasteiger partial charge in [0.1, 0.15) is 0 Å². The Bertz CT molecular complexity index is 502. The summed E-state index contributed by atoms with van der Waals surface area (Å²) >= 11 is 0. The zero-order valence-corrected chi connectivity index (χ0v) is 12.5. The first kappa shape index (κ1) is 14.1. The maximum absolute atomic E-state index is 12.3. The zero-order valence-electron chi connectivity index (χ0n) is 12.5. The molecule has 1 amide bonds. The van der Waals surface area contributed by atoms with Gasteiger partial charge in [-0.15, -0.1) is 0 Å². The van der Waals surface area contributed by atoms with Crippen LogP contribution in [0.2, 0.25) is 0 Å². The molecule has 0 bridgehead atoms. The molecule has 0 aromatic heterocycles. The van der Waals surface area contributed by atoms with Crippen LogP contribution in [0.4, 0.5) is 0 Å². The molecule has 2 atom stereocenters. The fourth-order valence-corrected chi connectivity index (χ4v) is 3.01. The quantitative estimate of drug-likeness (QED) is 0.844. The van der Waals surface area contributed by atoms with Gasteiger partial charge in [0.15, 0.2) is 0 Å². The minimum atomic E-state index is -0.202. The third-order valence-corrected chi connectivity index (χ3v) is 4.05. The third-order valence-electron chi connectivity index (χ3n) is 4.05. The highest BCUT2D eigenvalue weighted by atomic mass is 16.2. The Labute approximate surface area is 115 Å².